The van der Waals surface area contributed by atoms with Gasteiger partial charge in [0.05, 0.1) is 12.5 Å². The fourth-order valence-corrected chi connectivity index (χ4v) is 3.05. The van der Waals surface area contributed by atoms with Gasteiger partial charge in [-0.15, -0.1) is 0 Å². The highest BCUT2D eigenvalue weighted by Gasteiger charge is 2.28. The summed E-state index contributed by atoms with van der Waals surface area (Å²) in [5.41, 5.74) is 1.67. The molecule has 1 aliphatic heterocycles. The van der Waals surface area contributed by atoms with Crippen LogP contribution in [0.5, 0.6) is 0 Å². The molecule has 3 rings (SSSR count). The lowest BCUT2D eigenvalue weighted by molar-refractivity contribution is -0.133. The molecule has 1 aliphatic rings. The average molecular weight is 312 g/mol. The SMILES string of the molecule is CN1CCN(C(=O)Cc2ccccc2F)CC1c1ccccc1. The Kier molecular flexibility index (Phi) is 4.72. The van der Waals surface area contributed by atoms with Crippen LogP contribution >= 0.6 is 0 Å². The number of rotatable bonds is 3. The fraction of sp³-hybridized carbons (Fsp3) is 0.316. The third kappa shape index (κ3) is 3.59. The van der Waals surface area contributed by atoms with Crippen molar-refractivity contribution in [2.24, 2.45) is 0 Å². The van der Waals surface area contributed by atoms with Gasteiger partial charge in [0, 0.05) is 19.6 Å². The summed E-state index contributed by atoms with van der Waals surface area (Å²) < 4.78 is 13.7. The first-order valence-corrected chi connectivity index (χ1v) is 7.91. The maximum atomic E-state index is 13.7. The Morgan fingerprint density at radius 1 is 1.09 bits per heavy atom. The van der Waals surface area contributed by atoms with E-state index in [1.807, 2.05) is 23.1 Å². The van der Waals surface area contributed by atoms with Gasteiger partial charge in [0.1, 0.15) is 5.82 Å². The average Bonchev–Trinajstić information content (AvgIpc) is 2.58. The third-order valence-electron chi connectivity index (χ3n) is 4.48. The van der Waals surface area contributed by atoms with E-state index in [2.05, 4.69) is 24.1 Å². The monoisotopic (exact) mass is 312 g/mol. The molecule has 2 aromatic carbocycles. The molecule has 0 aliphatic carbocycles. The van der Waals surface area contributed by atoms with Gasteiger partial charge in [-0.2, -0.15) is 0 Å². The number of carbonyl (C=O) groups excluding carboxylic acids is 1. The van der Waals surface area contributed by atoms with E-state index in [0.29, 0.717) is 18.7 Å². The minimum Gasteiger partial charge on any atom is -0.339 e. The second-order valence-electron chi connectivity index (χ2n) is 6.02. The molecule has 1 atom stereocenters. The first kappa shape index (κ1) is 15.7. The van der Waals surface area contributed by atoms with E-state index in [4.69, 9.17) is 0 Å². The van der Waals surface area contributed by atoms with Crippen molar-refractivity contribution in [1.82, 2.24) is 9.80 Å². The van der Waals surface area contributed by atoms with Gasteiger partial charge >= 0.3 is 0 Å². The van der Waals surface area contributed by atoms with Crippen LogP contribution in [0.4, 0.5) is 4.39 Å². The molecule has 0 bridgehead atoms. The molecular weight excluding hydrogens is 291 g/mol. The summed E-state index contributed by atoms with van der Waals surface area (Å²) in [6, 6.07) is 16.9. The van der Waals surface area contributed by atoms with Crippen LogP contribution in [-0.2, 0) is 11.2 Å². The molecule has 0 N–H and O–H groups in total. The number of benzene rings is 2. The second-order valence-corrected chi connectivity index (χ2v) is 6.02. The Balaban J connectivity index is 1.71. The predicted molar refractivity (Wildman–Crippen MR) is 88.5 cm³/mol. The molecule has 1 unspecified atom stereocenters. The highest BCUT2D eigenvalue weighted by Crippen LogP contribution is 2.24. The van der Waals surface area contributed by atoms with Crippen LogP contribution in [0.2, 0.25) is 0 Å². The molecule has 0 radical (unpaired) electrons. The summed E-state index contributed by atoms with van der Waals surface area (Å²) in [5, 5.41) is 0. The normalized spacial score (nSPS) is 18.9. The molecule has 1 saturated heterocycles. The summed E-state index contributed by atoms with van der Waals surface area (Å²) in [4.78, 5) is 16.7. The van der Waals surface area contributed by atoms with Crippen molar-refractivity contribution in [2.45, 2.75) is 12.5 Å². The van der Waals surface area contributed by atoms with Crippen LogP contribution in [0, 0.1) is 5.82 Å². The third-order valence-corrected chi connectivity index (χ3v) is 4.48. The van der Waals surface area contributed by atoms with Crippen LogP contribution in [0.25, 0.3) is 0 Å². The molecule has 2 aromatic rings. The van der Waals surface area contributed by atoms with Crippen LogP contribution in [0.15, 0.2) is 54.6 Å². The minimum absolute atomic E-state index is 0.0101. The van der Waals surface area contributed by atoms with Gasteiger partial charge in [0.15, 0.2) is 0 Å². The Hall–Kier alpha value is -2.20. The first-order chi connectivity index (χ1) is 11.1. The van der Waals surface area contributed by atoms with Gasteiger partial charge in [-0.25, -0.2) is 4.39 Å². The van der Waals surface area contributed by atoms with Gasteiger partial charge in [-0.1, -0.05) is 48.5 Å². The van der Waals surface area contributed by atoms with Crippen molar-refractivity contribution in [3.05, 3.63) is 71.5 Å². The Morgan fingerprint density at radius 2 is 1.78 bits per heavy atom. The number of nitrogens with zero attached hydrogens (tertiary/aromatic N) is 2. The van der Waals surface area contributed by atoms with Crippen molar-refractivity contribution in [1.29, 1.82) is 0 Å². The number of halogens is 1. The summed E-state index contributed by atoms with van der Waals surface area (Å²) in [5.74, 6) is -0.321. The van der Waals surface area contributed by atoms with E-state index in [9.17, 15) is 9.18 Å². The molecule has 0 saturated carbocycles. The zero-order valence-electron chi connectivity index (χ0n) is 13.3. The standard InChI is InChI=1S/C19H21FN2O/c1-21-11-12-22(14-18(21)15-7-3-2-4-8-15)19(23)13-16-9-5-6-10-17(16)20/h2-10,18H,11-14H2,1H3. The van der Waals surface area contributed by atoms with Gasteiger partial charge < -0.3 is 4.90 Å². The molecule has 4 heteroatoms. The number of hydrogen-bond acceptors (Lipinski definition) is 2. The van der Waals surface area contributed by atoms with E-state index in [1.54, 1.807) is 18.2 Å². The Bertz CT molecular complexity index is 674. The molecule has 23 heavy (non-hydrogen) atoms. The number of likely N-dealkylation sites (N-methyl/N-ethyl adjacent to an activating group) is 1. The van der Waals surface area contributed by atoms with Crippen molar-refractivity contribution in [2.75, 3.05) is 26.7 Å². The van der Waals surface area contributed by atoms with Crippen molar-refractivity contribution >= 4 is 5.91 Å². The highest BCUT2D eigenvalue weighted by molar-refractivity contribution is 5.79. The lowest BCUT2D eigenvalue weighted by Gasteiger charge is -2.39. The molecule has 0 aromatic heterocycles. The van der Waals surface area contributed by atoms with Gasteiger partial charge in [0.2, 0.25) is 5.91 Å². The lowest BCUT2D eigenvalue weighted by Crippen LogP contribution is -2.49. The summed E-state index contributed by atoms with van der Waals surface area (Å²) in [6.45, 7) is 2.16. The first-order valence-electron chi connectivity index (χ1n) is 7.91. The van der Waals surface area contributed by atoms with Crippen LogP contribution < -0.4 is 0 Å². The fourth-order valence-electron chi connectivity index (χ4n) is 3.05. The number of amides is 1. The number of piperazine rings is 1. The van der Waals surface area contributed by atoms with Crippen LogP contribution in [0.3, 0.4) is 0 Å². The van der Waals surface area contributed by atoms with E-state index in [1.165, 1.54) is 11.6 Å². The van der Waals surface area contributed by atoms with Crippen LogP contribution in [0.1, 0.15) is 17.2 Å². The molecule has 0 spiro atoms. The van der Waals surface area contributed by atoms with Crippen molar-refractivity contribution in [3.63, 3.8) is 0 Å². The minimum atomic E-state index is -0.311. The zero-order chi connectivity index (χ0) is 16.2. The smallest absolute Gasteiger partial charge is 0.227 e. The second kappa shape index (κ2) is 6.92. The Labute approximate surface area is 136 Å². The number of carbonyl (C=O) groups is 1. The van der Waals surface area contributed by atoms with E-state index in [-0.39, 0.29) is 24.2 Å². The Morgan fingerprint density at radius 3 is 2.52 bits per heavy atom. The zero-order valence-corrected chi connectivity index (χ0v) is 13.3. The van der Waals surface area contributed by atoms with E-state index >= 15 is 0 Å². The van der Waals surface area contributed by atoms with Gasteiger partial charge in [-0.05, 0) is 24.2 Å². The lowest BCUT2D eigenvalue weighted by atomic mass is 10.0. The van der Waals surface area contributed by atoms with Crippen molar-refractivity contribution < 1.29 is 9.18 Å². The van der Waals surface area contributed by atoms with Gasteiger partial charge in [-0.3, -0.25) is 9.69 Å². The van der Waals surface area contributed by atoms with Gasteiger partial charge in [0.25, 0.3) is 0 Å². The summed E-state index contributed by atoms with van der Waals surface area (Å²) >= 11 is 0. The summed E-state index contributed by atoms with van der Waals surface area (Å²) in [7, 11) is 2.08. The topological polar surface area (TPSA) is 23.6 Å². The maximum Gasteiger partial charge on any atom is 0.227 e. The van der Waals surface area contributed by atoms with Crippen molar-refractivity contribution in [3.8, 4) is 0 Å². The maximum absolute atomic E-state index is 13.7. The molecule has 3 nitrogen and oxygen atoms in total. The van der Waals surface area contributed by atoms with E-state index < -0.39 is 0 Å². The largest absolute Gasteiger partial charge is 0.339 e. The molecular formula is C19H21FN2O. The molecule has 120 valence electrons. The van der Waals surface area contributed by atoms with Crippen LogP contribution in [-0.4, -0.2) is 42.4 Å². The quantitative estimate of drug-likeness (QED) is 0.870. The van der Waals surface area contributed by atoms with E-state index in [0.717, 1.165) is 6.54 Å². The molecule has 1 amide bonds. The molecule has 1 heterocycles. The predicted octanol–water partition coefficient (Wildman–Crippen LogP) is 2.88. The number of hydrogen-bond donors (Lipinski definition) is 0. The highest BCUT2D eigenvalue weighted by atomic mass is 19.1. The molecule has 1 fully saturated rings. The summed E-state index contributed by atoms with van der Waals surface area (Å²) in [6.07, 6.45) is 0.123.